The summed E-state index contributed by atoms with van der Waals surface area (Å²) in [6.07, 6.45) is 0.953. The first-order chi connectivity index (χ1) is 16.2. The molecule has 0 saturated carbocycles. The number of aromatic nitrogens is 1. The Morgan fingerprint density at radius 2 is 1.53 bits per heavy atom. The van der Waals surface area contributed by atoms with Gasteiger partial charge >= 0.3 is 5.97 Å². The van der Waals surface area contributed by atoms with Gasteiger partial charge in [0.1, 0.15) is 6.61 Å². The third-order valence-corrected chi connectivity index (χ3v) is 5.69. The van der Waals surface area contributed by atoms with Crippen LogP contribution < -0.4 is 11.5 Å². The number of esters is 1. The fourth-order valence-electron chi connectivity index (χ4n) is 4.04. The molecule has 1 heterocycles. The van der Waals surface area contributed by atoms with Gasteiger partial charge in [-0.05, 0) is 48.4 Å². The normalized spacial score (nSPS) is 10.4. The van der Waals surface area contributed by atoms with Crippen molar-refractivity contribution in [1.29, 1.82) is 0 Å². The zero-order valence-electron chi connectivity index (χ0n) is 21.2. The average molecular weight is 533 g/mol. The molecule has 1 amide bonds. The molecule has 0 saturated heterocycles. The number of ether oxygens (including phenoxy) is 1. The van der Waals surface area contributed by atoms with Crippen molar-refractivity contribution in [2.24, 2.45) is 17.4 Å². The van der Waals surface area contributed by atoms with Crippen LogP contribution in [-0.2, 0) is 35.5 Å². The Balaban J connectivity index is 0.00000324. The maximum Gasteiger partial charge on any atom is 0.340 e. The highest BCUT2D eigenvalue weighted by atomic mass is 35.5. The number of carbonyl (C=O) groups excluding carboxylic acids is 2. The van der Waals surface area contributed by atoms with Crippen molar-refractivity contribution >= 4 is 36.7 Å². The van der Waals surface area contributed by atoms with E-state index in [2.05, 4.69) is 13.8 Å². The maximum atomic E-state index is 13.3. The molecule has 0 bridgehead atoms. The van der Waals surface area contributed by atoms with Crippen LogP contribution >= 0.6 is 24.8 Å². The van der Waals surface area contributed by atoms with Gasteiger partial charge < -0.3 is 16.2 Å². The molecule has 194 valence electrons. The molecule has 0 spiro atoms. The summed E-state index contributed by atoms with van der Waals surface area (Å²) >= 11 is 0. The lowest BCUT2D eigenvalue weighted by molar-refractivity contribution is -0.117. The second-order valence-electron chi connectivity index (χ2n) is 9.08. The fraction of sp³-hybridized carbons (Fsp3) is 0.321. The quantitative estimate of drug-likeness (QED) is 0.366. The summed E-state index contributed by atoms with van der Waals surface area (Å²) in [5.41, 5.74) is 18.8. The molecule has 0 aliphatic carbocycles. The number of rotatable bonds is 9. The van der Waals surface area contributed by atoms with Crippen molar-refractivity contribution in [1.82, 2.24) is 4.98 Å². The molecular weight excluding hydrogens is 497 g/mol. The average Bonchev–Trinajstić information content (AvgIpc) is 2.78. The number of benzene rings is 2. The zero-order chi connectivity index (χ0) is 24.8. The molecule has 0 radical (unpaired) electrons. The molecule has 6 nitrogen and oxygen atoms in total. The molecule has 0 aliphatic heterocycles. The zero-order valence-corrected chi connectivity index (χ0v) is 22.8. The molecule has 3 aromatic rings. The van der Waals surface area contributed by atoms with Crippen LogP contribution in [0.4, 0.5) is 0 Å². The number of halogens is 2. The van der Waals surface area contributed by atoms with E-state index in [1.54, 1.807) is 0 Å². The van der Waals surface area contributed by atoms with Crippen LogP contribution in [0.1, 0.15) is 57.8 Å². The minimum Gasteiger partial charge on any atom is -0.457 e. The summed E-state index contributed by atoms with van der Waals surface area (Å²) in [5.74, 6) is -0.423. The Hall–Kier alpha value is -2.93. The molecule has 1 aromatic heterocycles. The molecular formula is C28H35Cl2N3O3. The van der Waals surface area contributed by atoms with E-state index in [9.17, 15) is 9.59 Å². The van der Waals surface area contributed by atoms with Crippen molar-refractivity contribution in [2.45, 2.75) is 53.7 Å². The van der Waals surface area contributed by atoms with Crippen molar-refractivity contribution in [3.8, 4) is 11.1 Å². The molecule has 0 aliphatic rings. The first kappa shape index (κ1) is 31.1. The van der Waals surface area contributed by atoms with Gasteiger partial charge in [0.25, 0.3) is 0 Å². The molecule has 8 heteroatoms. The number of nitrogens with zero attached hydrogens (tertiary/aromatic N) is 1. The van der Waals surface area contributed by atoms with Gasteiger partial charge in [0, 0.05) is 17.8 Å². The van der Waals surface area contributed by atoms with E-state index in [0.29, 0.717) is 17.2 Å². The van der Waals surface area contributed by atoms with Gasteiger partial charge in [-0.1, -0.05) is 67.9 Å². The van der Waals surface area contributed by atoms with E-state index in [1.165, 1.54) is 0 Å². The summed E-state index contributed by atoms with van der Waals surface area (Å²) in [6.45, 7) is 8.53. The molecule has 3 rings (SSSR count). The lowest BCUT2D eigenvalue weighted by atomic mass is 9.90. The minimum atomic E-state index is -0.437. The van der Waals surface area contributed by atoms with Crippen LogP contribution in [0.5, 0.6) is 0 Å². The molecule has 36 heavy (non-hydrogen) atoms. The van der Waals surface area contributed by atoms with Crippen LogP contribution in [0.3, 0.4) is 0 Å². The predicted octanol–water partition coefficient (Wildman–Crippen LogP) is 5.25. The van der Waals surface area contributed by atoms with Crippen LogP contribution in [0.2, 0.25) is 0 Å². The van der Waals surface area contributed by atoms with Crippen molar-refractivity contribution in [2.75, 3.05) is 0 Å². The molecule has 0 unspecified atom stereocenters. The number of nitrogens with two attached hydrogens (primary N) is 2. The van der Waals surface area contributed by atoms with Gasteiger partial charge in [0.2, 0.25) is 5.91 Å². The van der Waals surface area contributed by atoms with Gasteiger partial charge in [-0.3, -0.25) is 9.78 Å². The second kappa shape index (κ2) is 14.0. The van der Waals surface area contributed by atoms with Crippen molar-refractivity contribution < 1.29 is 14.3 Å². The van der Waals surface area contributed by atoms with Gasteiger partial charge in [-0.2, -0.15) is 0 Å². The van der Waals surface area contributed by atoms with Crippen molar-refractivity contribution in [3.05, 3.63) is 87.7 Å². The van der Waals surface area contributed by atoms with Crippen LogP contribution in [0.15, 0.2) is 48.5 Å². The molecule has 4 N–H and O–H groups in total. The van der Waals surface area contributed by atoms with Gasteiger partial charge in [-0.15, -0.1) is 24.8 Å². The highest BCUT2D eigenvalue weighted by molar-refractivity contribution is 5.99. The lowest BCUT2D eigenvalue weighted by Crippen LogP contribution is -2.17. The largest absolute Gasteiger partial charge is 0.457 e. The number of primary amides is 1. The van der Waals surface area contributed by atoms with E-state index in [4.69, 9.17) is 21.2 Å². The number of hydrogen-bond donors (Lipinski definition) is 2. The Morgan fingerprint density at radius 1 is 0.944 bits per heavy atom. The summed E-state index contributed by atoms with van der Waals surface area (Å²) in [5, 5.41) is 0. The summed E-state index contributed by atoms with van der Waals surface area (Å²) in [7, 11) is 0. The number of hydrogen-bond acceptors (Lipinski definition) is 5. The van der Waals surface area contributed by atoms with Crippen molar-refractivity contribution in [3.63, 3.8) is 0 Å². The van der Waals surface area contributed by atoms with Gasteiger partial charge in [0.15, 0.2) is 0 Å². The number of carbonyl (C=O) groups is 2. The minimum absolute atomic E-state index is 0. The maximum absolute atomic E-state index is 13.3. The van der Waals surface area contributed by atoms with Gasteiger partial charge in [-0.25, -0.2) is 4.79 Å². The second-order valence-corrected chi connectivity index (χ2v) is 9.08. The monoisotopic (exact) mass is 531 g/mol. The predicted molar refractivity (Wildman–Crippen MR) is 149 cm³/mol. The third kappa shape index (κ3) is 7.79. The summed E-state index contributed by atoms with van der Waals surface area (Å²) in [6, 6.07) is 15.3. The molecule has 2 aromatic carbocycles. The Bertz CT molecular complexity index is 1180. The first-order valence-electron chi connectivity index (χ1n) is 11.5. The highest BCUT2D eigenvalue weighted by Gasteiger charge is 2.24. The Morgan fingerprint density at radius 3 is 2.06 bits per heavy atom. The lowest BCUT2D eigenvalue weighted by Gasteiger charge is -2.20. The van der Waals surface area contributed by atoms with E-state index in [1.807, 2.05) is 62.4 Å². The third-order valence-electron chi connectivity index (χ3n) is 5.69. The Labute approximate surface area is 225 Å². The van der Waals surface area contributed by atoms with Crippen LogP contribution in [0, 0.1) is 19.8 Å². The molecule has 0 atom stereocenters. The summed E-state index contributed by atoms with van der Waals surface area (Å²) in [4.78, 5) is 29.2. The SMILES string of the molecule is Cc1ccc(-c2c(CN)c(CC(C)C)nc(C)c2C(=O)OCc2ccc(CC(N)=O)cc2)cc1.Cl.Cl. The standard InChI is InChI=1S/C28H33N3O3.2ClH/c1-17(2)13-24-23(15-29)27(22-11-5-18(3)6-12-22)26(19(4)31-24)28(33)34-16-21-9-7-20(8-10-21)14-25(30)32;;/h5-12,17H,13-16,29H2,1-4H3,(H2,30,32);2*1H. The highest BCUT2D eigenvalue weighted by Crippen LogP contribution is 2.33. The van der Waals surface area contributed by atoms with E-state index >= 15 is 0 Å². The number of pyridine rings is 1. The first-order valence-corrected chi connectivity index (χ1v) is 11.5. The van der Waals surface area contributed by atoms with E-state index in [0.717, 1.165) is 45.5 Å². The number of aryl methyl sites for hydroxylation is 2. The Kier molecular flexibility index (Phi) is 12.1. The summed E-state index contributed by atoms with van der Waals surface area (Å²) < 4.78 is 5.71. The van der Waals surface area contributed by atoms with E-state index in [-0.39, 0.29) is 50.3 Å². The van der Waals surface area contributed by atoms with Crippen LogP contribution in [-0.4, -0.2) is 16.9 Å². The fourth-order valence-corrected chi connectivity index (χ4v) is 4.04. The van der Waals surface area contributed by atoms with Gasteiger partial charge in [0.05, 0.1) is 17.7 Å². The van der Waals surface area contributed by atoms with Crippen LogP contribution in [0.25, 0.3) is 11.1 Å². The topological polar surface area (TPSA) is 108 Å². The number of amides is 1. The molecule has 0 fully saturated rings. The van der Waals surface area contributed by atoms with E-state index < -0.39 is 5.97 Å². The smallest absolute Gasteiger partial charge is 0.340 e.